The van der Waals surface area contributed by atoms with E-state index >= 15 is 0 Å². The van der Waals surface area contributed by atoms with E-state index in [0.717, 1.165) is 16.9 Å². The lowest BCUT2D eigenvalue weighted by atomic mass is 10.0. The monoisotopic (exact) mass is 318 g/mol. The molecule has 0 radical (unpaired) electrons. The molecule has 2 aromatic rings. The van der Waals surface area contributed by atoms with E-state index in [1.807, 2.05) is 55.5 Å². The summed E-state index contributed by atoms with van der Waals surface area (Å²) >= 11 is 3.46. The predicted octanol–water partition coefficient (Wildman–Crippen LogP) is 4.32. The van der Waals surface area contributed by atoms with E-state index in [-0.39, 0.29) is 10.6 Å². The van der Waals surface area contributed by atoms with Gasteiger partial charge in [0, 0.05) is 5.56 Å². The number of Topliss-reactive ketones (excluding diaryl/α,β-unsaturated/α-hetero) is 1. The average molecular weight is 319 g/mol. The van der Waals surface area contributed by atoms with Gasteiger partial charge in [-0.2, -0.15) is 0 Å². The molecule has 0 heterocycles. The van der Waals surface area contributed by atoms with Crippen LogP contribution >= 0.6 is 15.9 Å². The number of rotatable bonds is 4. The molecule has 0 bridgehead atoms. The van der Waals surface area contributed by atoms with Crippen LogP contribution in [0, 0.1) is 6.92 Å². The minimum Gasteiger partial charge on any atom is -0.497 e. The smallest absolute Gasteiger partial charge is 0.180 e. The Morgan fingerprint density at radius 1 is 1.05 bits per heavy atom. The highest BCUT2D eigenvalue weighted by Crippen LogP contribution is 2.28. The van der Waals surface area contributed by atoms with Crippen LogP contribution in [0.3, 0.4) is 0 Å². The zero-order chi connectivity index (χ0) is 13.8. The van der Waals surface area contributed by atoms with Crippen LogP contribution in [0.15, 0.2) is 48.5 Å². The molecule has 98 valence electrons. The summed E-state index contributed by atoms with van der Waals surface area (Å²) in [7, 11) is 1.62. The first kappa shape index (κ1) is 13.8. The second-order valence-corrected chi connectivity index (χ2v) is 5.28. The molecule has 0 N–H and O–H groups in total. The number of alkyl halides is 1. The topological polar surface area (TPSA) is 26.3 Å². The van der Waals surface area contributed by atoms with Crippen molar-refractivity contribution in [3.8, 4) is 5.75 Å². The van der Waals surface area contributed by atoms with E-state index in [1.165, 1.54) is 0 Å². The van der Waals surface area contributed by atoms with Crippen molar-refractivity contribution < 1.29 is 9.53 Å². The second kappa shape index (κ2) is 6.02. The molecule has 0 aliphatic heterocycles. The van der Waals surface area contributed by atoms with Crippen LogP contribution in [-0.2, 0) is 0 Å². The van der Waals surface area contributed by atoms with E-state index in [9.17, 15) is 4.79 Å². The average Bonchev–Trinajstić information content (AvgIpc) is 2.46. The standard InChI is InChI=1S/C16H15BrO2/c1-11-3-5-13(6-4-11)16(18)15(17)12-7-9-14(19-2)10-8-12/h3-10,15H,1-2H3. The van der Waals surface area contributed by atoms with Crippen molar-refractivity contribution >= 4 is 21.7 Å². The van der Waals surface area contributed by atoms with Gasteiger partial charge in [-0.1, -0.05) is 57.9 Å². The van der Waals surface area contributed by atoms with Crippen LogP contribution in [0.5, 0.6) is 5.75 Å². The number of ketones is 1. The largest absolute Gasteiger partial charge is 0.497 e. The molecule has 2 rings (SSSR count). The summed E-state index contributed by atoms with van der Waals surface area (Å²) in [4.78, 5) is 12.0. The summed E-state index contributed by atoms with van der Waals surface area (Å²) in [6.07, 6.45) is 0. The Bertz CT molecular complexity index is 558. The highest BCUT2D eigenvalue weighted by atomic mass is 79.9. The molecule has 1 unspecified atom stereocenters. The third-order valence-corrected chi connectivity index (χ3v) is 3.92. The number of carbonyl (C=O) groups excluding carboxylic acids is 1. The van der Waals surface area contributed by atoms with E-state index in [2.05, 4.69) is 15.9 Å². The van der Waals surface area contributed by atoms with Gasteiger partial charge >= 0.3 is 0 Å². The Labute approximate surface area is 121 Å². The summed E-state index contributed by atoms with van der Waals surface area (Å²) in [6.45, 7) is 2.00. The summed E-state index contributed by atoms with van der Waals surface area (Å²) in [6, 6.07) is 15.1. The number of carbonyl (C=O) groups is 1. The molecule has 1 atom stereocenters. The molecule has 0 saturated carbocycles. The lowest BCUT2D eigenvalue weighted by molar-refractivity contribution is 0.0991. The van der Waals surface area contributed by atoms with Crippen molar-refractivity contribution in [3.63, 3.8) is 0 Å². The van der Waals surface area contributed by atoms with Crippen molar-refractivity contribution in [2.75, 3.05) is 7.11 Å². The van der Waals surface area contributed by atoms with E-state index in [1.54, 1.807) is 7.11 Å². The molecule has 0 amide bonds. The van der Waals surface area contributed by atoms with Crippen LogP contribution in [0.2, 0.25) is 0 Å². The van der Waals surface area contributed by atoms with Crippen LogP contribution in [-0.4, -0.2) is 12.9 Å². The summed E-state index contributed by atoms with van der Waals surface area (Å²) in [5.74, 6) is 0.844. The normalized spacial score (nSPS) is 11.9. The van der Waals surface area contributed by atoms with Crippen molar-refractivity contribution in [2.24, 2.45) is 0 Å². The number of hydrogen-bond acceptors (Lipinski definition) is 2. The Kier molecular flexibility index (Phi) is 4.38. The van der Waals surface area contributed by atoms with Crippen molar-refractivity contribution in [3.05, 3.63) is 65.2 Å². The lowest BCUT2D eigenvalue weighted by Crippen LogP contribution is -2.07. The Balaban J connectivity index is 2.20. The van der Waals surface area contributed by atoms with Gasteiger partial charge in [-0.05, 0) is 24.6 Å². The number of hydrogen-bond donors (Lipinski definition) is 0. The molecular formula is C16H15BrO2. The molecule has 0 fully saturated rings. The first-order chi connectivity index (χ1) is 9.11. The maximum atomic E-state index is 12.3. The van der Waals surface area contributed by atoms with Gasteiger partial charge in [-0.3, -0.25) is 4.79 Å². The van der Waals surface area contributed by atoms with Gasteiger partial charge in [0.1, 0.15) is 10.6 Å². The first-order valence-electron chi connectivity index (χ1n) is 6.00. The minimum absolute atomic E-state index is 0.0603. The Hall–Kier alpha value is -1.61. The van der Waals surface area contributed by atoms with Gasteiger partial charge in [0.15, 0.2) is 5.78 Å². The van der Waals surface area contributed by atoms with Gasteiger partial charge in [-0.15, -0.1) is 0 Å². The molecule has 2 aromatic carbocycles. The van der Waals surface area contributed by atoms with Crippen molar-refractivity contribution in [2.45, 2.75) is 11.8 Å². The second-order valence-electron chi connectivity index (χ2n) is 4.37. The molecule has 0 spiro atoms. The minimum atomic E-state index is -0.332. The molecule has 0 aromatic heterocycles. The first-order valence-corrected chi connectivity index (χ1v) is 6.92. The van der Waals surface area contributed by atoms with E-state index in [0.29, 0.717) is 5.56 Å². The number of methoxy groups -OCH3 is 1. The zero-order valence-electron chi connectivity index (χ0n) is 10.9. The van der Waals surface area contributed by atoms with Crippen molar-refractivity contribution in [1.82, 2.24) is 0 Å². The number of aryl methyl sites for hydroxylation is 1. The van der Waals surface area contributed by atoms with Gasteiger partial charge in [0.25, 0.3) is 0 Å². The summed E-state index contributed by atoms with van der Waals surface area (Å²) in [5, 5.41) is 0. The van der Waals surface area contributed by atoms with Gasteiger partial charge in [0.05, 0.1) is 7.11 Å². The summed E-state index contributed by atoms with van der Waals surface area (Å²) < 4.78 is 5.11. The molecule has 19 heavy (non-hydrogen) atoms. The highest BCUT2D eigenvalue weighted by Gasteiger charge is 2.18. The number of halogens is 1. The zero-order valence-corrected chi connectivity index (χ0v) is 12.5. The highest BCUT2D eigenvalue weighted by molar-refractivity contribution is 9.09. The maximum absolute atomic E-state index is 12.3. The van der Waals surface area contributed by atoms with Crippen LogP contribution in [0.4, 0.5) is 0 Å². The molecule has 3 heteroatoms. The SMILES string of the molecule is COc1ccc(C(Br)C(=O)c2ccc(C)cc2)cc1. The molecular weight excluding hydrogens is 304 g/mol. The van der Waals surface area contributed by atoms with Crippen molar-refractivity contribution in [1.29, 1.82) is 0 Å². The number of ether oxygens (including phenoxy) is 1. The fourth-order valence-electron chi connectivity index (χ4n) is 1.79. The number of benzene rings is 2. The quantitative estimate of drug-likeness (QED) is 0.619. The third-order valence-electron chi connectivity index (χ3n) is 2.97. The lowest BCUT2D eigenvalue weighted by Gasteiger charge is -2.10. The van der Waals surface area contributed by atoms with E-state index < -0.39 is 0 Å². The van der Waals surface area contributed by atoms with Gasteiger partial charge in [0.2, 0.25) is 0 Å². The predicted molar refractivity (Wildman–Crippen MR) is 80.2 cm³/mol. The molecule has 2 nitrogen and oxygen atoms in total. The van der Waals surface area contributed by atoms with Crippen LogP contribution < -0.4 is 4.74 Å². The molecule has 0 aliphatic carbocycles. The summed E-state index contributed by atoms with van der Waals surface area (Å²) in [5.41, 5.74) is 2.78. The Morgan fingerprint density at radius 2 is 1.63 bits per heavy atom. The third kappa shape index (κ3) is 3.24. The molecule has 0 saturated heterocycles. The fourth-order valence-corrected chi connectivity index (χ4v) is 2.36. The maximum Gasteiger partial charge on any atom is 0.180 e. The fraction of sp³-hybridized carbons (Fsp3) is 0.188. The van der Waals surface area contributed by atoms with Gasteiger partial charge < -0.3 is 4.74 Å². The van der Waals surface area contributed by atoms with Crippen LogP contribution in [0.25, 0.3) is 0 Å². The van der Waals surface area contributed by atoms with Crippen LogP contribution in [0.1, 0.15) is 26.3 Å². The molecule has 0 aliphatic rings. The Morgan fingerprint density at radius 3 is 2.16 bits per heavy atom. The van der Waals surface area contributed by atoms with E-state index in [4.69, 9.17) is 4.74 Å². The van der Waals surface area contributed by atoms with Gasteiger partial charge in [-0.25, -0.2) is 0 Å².